The zero-order valence-electron chi connectivity index (χ0n) is 9.99. The normalized spacial score (nSPS) is 10.6. The van der Waals surface area contributed by atoms with Crippen LogP contribution in [0.1, 0.15) is 0 Å². The van der Waals surface area contributed by atoms with Gasteiger partial charge in [-0.15, -0.1) is 10.2 Å². The Bertz CT molecular complexity index is 686. The number of hydrogen-bond acceptors (Lipinski definition) is 3. The number of hydrogen-bond donors (Lipinski definition) is 1. The summed E-state index contributed by atoms with van der Waals surface area (Å²) in [6, 6.07) is 15.7. The predicted molar refractivity (Wildman–Crippen MR) is 78.9 cm³/mol. The van der Waals surface area contributed by atoms with Crippen LogP contribution in [0, 0.1) is 0 Å². The van der Waals surface area contributed by atoms with Crippen LogP contribution in [0.4, 0.5) is 5.69 Å². The molecular formula is C14H11BrN4. The van der Waals surface area contributed by atoms with Crippen molar-refractivity contribution in [1.82, 2.24) is 14.8 Å². The number of nitrogens with two attached hydrogens (primary N) is 1. The molecule has 5 heteroatoms. The van der Waals surface area contributed by atoms with Crippen LogP contribution < -0.4 is 5.73 Å². The van der Waals surface area contributed by atoms with Crippen molar-refractivity contribution in [2.75, 3.05) is 5.73 Å². The molecule has 0 aliphatic rings. The molecule has 1 heterocycles. The van der Waals surface area contributed by atoms with Crippen LogP contribution in [-0.4, -0.2) is 14.8 Å². The summed E-state index contributed by atoms with van der Waals surface area (Å²) in [5.41, 5.74) is 8.49. The molecule has 0 unspecified atom stereocenters. The van der Waals surface area contributed by atoms with Crippen molar-refractivity contribution in [2.45, 2.75) is 0 Å². The fourth-order valence-corrected chi connectivity index (χ4v) is 2.46. The number of halogens is 1. The molecule has 0 aliphatic carbocycles. The van der Waals surface area contributed by atoms with Crippen LogP contribution >= 0.6 is 15.9 Å². The van der Waals surface area contributed by atoms with Gasteiger partial charge in [0.1, 0.15) is 6.33 Å². The van der Waals surface area contributed by atoms with E-state index < -0.39 is 0 Å². The van der Waals surface area contributed by atoms with E-state index in [1.54, 1.807) is 6.33 Å². The highest BCUT2D eigenvalue weighted by Crippen LogP contribution is 2.26. The maximum atomic E-state index is 5.87. The molecule has 0 saturated carbocycles. The van der Waals surface area contributed by atoms with Gasteiger partial charge in [0.2, 0.25) is 0 Å². The molecule has 0 amide bonds. The molecule has 0 saturated heterocycles. The lowest BCUT2D eigenvalue weighted by Gasteiger charge is -2.07. The second kappa shape index (κ2) is 4.85. The molecule has 0 aliphatic heterocycles. The Hall–Kier alpha value is -2.14. The van der Waals surface area contributed by atoms with Gasteiger partial charge >= 0.3 is 0 Å². The highest BCUT2D eigenvalue weighted by Gasteiger charge is 2.09. The molecule has 19 heavy (non-hydrogen) atoms. The van der Waals surface area contributed by atoms with Crippen LogP contribution in [0.15, 0.2) is 59.3 Å². The lowest BCUT2D eigenvalue weighted by Crippen LogP contribution is -1.96. The van der Waals surface area contributed by atoms with E-state index in [-0.39, 0.29) is 0 Å². The number of rotatable bonds is 2. The van der Waals surface area contributed by atoms with E-state index in [1.807, 2.05) is 53.1 Å². The van der Waals surface area contributed by atoms with Crippen molar-refractivity contribution in [3.63, 3.8) is 0 Å². The summed E-state index contributed by atoms with van der Waals surface area (Å²) >= 11 is 3.44. The zero-order chi connectivity index (χ0) is 13.2. The molecule has 0 spiro atoms. The Morgan fingerprint density at radius 2 is 1.84 bits per heavy atom. The van der Waals surface area contributed by atoms with E-state index in [2.05, 4.69) is 26.1 Å². The fourth-order valence-electron chi connectivity index (χ4n) is 1.95. The second-order valence-electron chi connectivity index (χ2n) is 4.13. The molecule has 0 radical (unpaired) electrons. The van der Waals surface area contributed by atoms with Gasteiger partial charge in [-0.3, -0.25) is 4.57 Å². The molecule has 0 fully saturated rings. The van der Waals surface area contributed by atoms with Crippen LogP contribution in [0.25, 0.3) is 17.1 Å². The van der Waals surface area contributed by atoms with Crippen LogP contribution in [0.3, 0.4) is 0 Å². The maximum absolute atomic E-state index is 5.87. The topological polar surface area (TPSA) is 56.7 Å². The van der Waals surface area contributed by atoms with E-state index >= 15 is 0 Å². The molecule has 0 bridgehead atoms. The van der Waals surface area contributed by atoms with E-state index in [4.69, 9.17) is 5.73 Å². The Morgan fingerprint density at radius 3 is 2.58 bits per heavy atom. The van der Waals surface area contributed by atoms with Crippen LogP contribution in [0.2, 0.25) is 0 Å². The minimum Gasteiger partial charge on any atom is -0.399 e. The average Bonchev–Trinajstić information content (AvgIpc) is 2.88. The first-order chi connectivity index (χ1) is 9.24. The number of benzene rings is 2. The van der Waals surface area contributed by atoms with Gasteiger partial charge in [0.15, 0.2) is 5.82 Å². The summed E-state index contributed by atoms with van der Waals surface area (Å²) in [6.45, 7) is 0. The lowest BCUT2D eigenvalue weighted by molar-refractivity contribution is 1.06. The first-order valence-corrected chi connectivity index (χ1v) is 6.55. The summed E-state index contributed by atoms with van der Waals surface area (Å²) in [6.07, 6.45) is 1.70. The Morgan fingerprint density at radius 1 is 1.05 bits per heavy atom. The highest BCUT2D eigenvalue weighted by molar-refractivity contribution is 9.10. The van der Waals surface area contributed by atoms with Gasteiger partial charge < -0.3 is 5.73 Å². The van der Waals surface area contributed by atoms with Gasteiger partial charge in [0.05, 0.1) is 0 Å². The second-order valence-corrected chi connectivity index (χ2v) is 5.05. The van der Waals surface area contributed by atoms with Crippen molar-refractivity contribution in [1.29, 1.82) is 0 Å². The Labute approximate surface area is 119 Å². The quantitative estimate of drug-likeness (QED) is 0.738. The van der Waals surface area contributed by atoms with Gasteiger partial charge in [-0.2, -0.15) is 0 Å². The predicted octanol–water partition coefficient (Wildman–Crippen LogP) is 3.28. The molecule has 3 aromatic rings. The average molecular weight is 315 g/mol. The molecule has 4 nitrogen and oxygen atoms in total. The minimum absolute atomic E-state index is 0.687. The lowest BCUT2D eigenvalue weighted by atomic mass is 10.2. The number of aromatic nitrogens is 3. The summed E-state index contributed by atoms with van der Waals surface area (Å²) in [7, 11) is 0. The third-order valence-electron chi connectivity index (χ3n) is 2.76. The van der Waals surface area contributed by atoms with Gasteiger partial charge in [0.25, 0.3) is 0 Å². The maximum Gasteiger partial charge on any atom is 0.168 e. The van der Waals surface area contributed by atoms with Gasteiger partial charge in [-0.1, -0.05) is 34.1 Å². The van der Waals surface area contributed by atoms with Crippen molar-refractivity contribution in [3.05, 3.63) is 59.3 Å². The van der Waals surface area contributed by atoms with Crippen molar-refractivity contribution >= 4 is 21.6 Å². The third-order valence-corrected chi connectivity index (χ3v) is 3.22. The third kappa shape index (κ3) is 2.37. The van der Waals surface area contributed by atoms with Gasteiger partial charge in [-0.05, 0) is 30.3 Å². The van der Waals surface area contributed by atoms with E-state index in [0.717, 1.165) is 21.5 Å². The highest BCUT2D eigenvalue weighted by atomic mass is 79.9. The van der Waals surface area contributed by atoms with Crippen LogP contribution in [-0.2, 0) is 0 Å². The van der Waals surface area contributed by atoms with E-state index in [9.17, 15) is 0 Å². The molecule has 3 rings (SSSR count). The number of nitrogen functional groups attached to an aromatic ring is 1. The zero-order valence-corrected chi connectivity index (χ0v) is 11.6. The first kappa shape index (κ1) is 11.9. The smallest absolute Gasteiger partial charge is 0.168 e. The fraction of sp³-hybridized carbons (Fsp3) is 0. The van der Waals surface area contributed by atoms with E-state index in [0.29, 0.717) is 5.69 Å². The summed E-state index contributed by atoms with van der Waals surface area (Å²) < 4.78 is 2.85. The molecule has 1 aromatic heterocycles. The molecule has 2 aromatic carbocycles. The van der Waals surface area contributed by atoms with E-state index in [1.165, 1.54) is 0 Å². The van der Waals surface area contributed by atoms with Crippen molar-refractivity contribution < 1.29 is 0 Å². The number of para-hydroxylation sites is 1. The molecule has 94 valence electrons. The summed E-state index contributed by atoms with van der Waals surface area (Å²) in [4.78, 5) is 0. The number of nitrogens with zero attached hydrogens (tertiary/aromatic N) is 3. The Balaban J connectivity index is 2.15. The minimum atomic E-state index is 0.687. The molecule has 0 atom stereocenters. The van der Waals surface area contributed by atoms with Crippen molar-refractivity contribution in [2.24, 2.45) is 0 Å². The van der Waals surface area contributed by atoms with Crippen LogP contribution in [0.5, 0.6) is 0 Å². The number of anilines is 1. The largest absolute Gasteiger partial charge is 0.399 e. The van der Waals surface area contributed by atoms with Gasteiger partial charge in [-0.25, -0.2) is 0 Å². The summed E-state index contributed by atoms with van der Waals surface area (Å²) in [5, 5.41) is 8.17. The first-order valence-electron chi connectivity index (χ1n) is 5.76. The summed E-state index contributed by atoms with van der Waals surface area (Å²) in [5.74, 6) is 0.763. The SMILES string of the molecule is Nc1cc(Br)cc(-c2nncn2-c2ccccc2)c1. The van der Waals surface area contributed by atoms with Gasteiger partial charge in [0, 0.05) is 21.4 Å². The molecule has 2 N–H and O–H groups in total. The molecular weight excluding hydrogens is 304 g/mol. The standard InChI is InChI=1S/C14H11BrN4/c15-11-6-10(7-12(16)8-11)14-18-17-9-19(14)13-4-2-1-3-5-13/h1-9H,16H2. The Kier molecular flexibility index (Phi) is 3.05. The monoisotopic (exact) mass is 314 g/mol. The van der Waals surface area contributed by atoms with Crippen molar-refractivity contribution in [3.8, 4) is 17.1 Å².